The number of fused-ring (bicyclic) bond motifs is 1. The molecular formula is C20H17F2N5O2. The van der Waals surface area contributed by atoms with Crippen LogP contribution in [0.25, 0.3) is 17.2 Å². The second-order valence-electron chi connectivity index (χ2n) is 6.66. The highest BCUT2D eigenvalue weighted by atomic mass is 19.1. The number of aliphatic hydroxyl groups excluding tert-OH is 1. The molecule has 9 heteroatoms. The first-order valence-corrected chi connectivity index (χ1v) is 8.93. The van der Waals surface area contributed by atoms with Crippen molar-refractivity contribution in [1.29, 1.82) is 0 Å². The van der Waals surface area contributed by atoms with Crippen LogP contribution in [-0.4, -0.2) is 36.1 Å². The molecule has 0 saturated heterocycles. The fourth-order valence-electron chi connectivity index (χ4n) is 3.10. The van der Waals surface area contributed by atoms with Crippen molar-refractivity contribution in [3.8, 4) is 11.5 Å². The van der Waals surface area contributed by atoms with Gasteiger partial charge in [-0.1, -0.05) is 0 Å². The molecule has 29 heavy (non-hydrogen) atoms. The van der Waals surface area contributed by atoms with Gasteiger partial charge in [0.15, 0.2) is 11.5 Å². The van der Waals surface area contributed by atoms with Crippen LogP contribution in [0.1, 0.15) is 22.5 Å². The van der Waals surface area contributed by atoms with E-state index in [1.165, 1.54) is 13.0 Å². The number of aryl methyl sites for hydroxylation is 1. The molecule has 0 atom stereocenters. The standard InChI is InChI=1S/C20H17F2N5O2/c1-11-6-15(22)12(7-14(11)21)8-16-20-23-3-4-27(20)10-17(25-16)19-24-13(2-5-28)9-18(29)26-19/h3-4,6-7,9-10,28H,2,5,8H2,1H3,(H,24,26,29). The molecule has 4 aromatic rings. The average molecular weight is 397 g/mol. The third kappa shape index (κ3) is 3.77. The summed E-state index contributed by atoms with van der Waals surface area (Å²) in [6, 6.07) is 3.61. The van der Waals surface area contributed by atoms with E-state index >= 15 is 0 Å². The van der Waals surface area contributed by atoms with Crippen molar-refractivity contribution >= 4 is 5.65 Å². The van der Waals surface area contributed by atoms with Gasteiger partial charge in [0, 0.05) is 44.1 Å². The van der Waals surface area contributed by atoms with Crippen LogP contribution in [-0.2, 0) is 12.8 Å². The fraction of sp³-hybridized carbons (Fsp3) is 0.200. The number of nitrogens with zero attached hydrogens (tertiary/aromatic N) is 4. The molecule has 0 aliphatic carbocycles. The Hall–Kier alpha value is -3.46. The smallest absolute Gasteiger partial charge is 0.251 e. The second kappa shape index (κ2) is 7.51. The normalized spacial score (nSPS) is 11.3. The highest BCUT2D eigenvalue weighted by Gasteiger charge is 2.15. The van der Waals surface area contributed by atoms with E-state index in [1.807, 2.05) is 0 Å². The number of H-pyrrole nitrogens is 1. The minimum Gasteiger partial charge on any atom is -0.396 e. The zero-order valence-corrected chi connectivity index (χ0v) is 15.5. The van der Waals surface area contributed by atoms with Gasteiger partial charge in [0.05, 0.1) is 11.4 Å². The zero-order valence-electron chi connectivity index (χ0n) is 15.5. The maximum absolute atomic E-state index is 14.4. The molecule has 148 valence electrons. The Morgan fingerprint density at radius 1 is 1.17 bits per heavy atom. The molecule has 0 unspecified atom stereocenters. The van der Waals surface area contributed by atoms with Crippen molar-refractivity contribution in [2.24, 2.45) is 0 Å². The van der Waals surface area contributed by atoms with Crippen LogP contribution in [0.15, 0.2) is 41.6 Å². The van der Waals surface area contributed by atoms with Crippen molar-refractivity contribution in [2.45, 2.75) is 19.8 Å². The Bertz CT molecular complexity index is 1270. The molecule has 7 nitrogen and oxygen atoms in total. The molecule has 0 saturated carbocycles. The summed E-state index contributed by atoms with van der Waals surface area (Å²) in [4.78, 5) is 27.6. The molecular weight excluding hydrogens is 380 g/mol. The number of aromatic nitrogens is 5. The van der Waals surface area contributed by atoms with Crippen molar-refractivity contribution in [3.05, 3.63) is 81.3 Å². The van der Waals surface area contributed by atoms with Gasteiger partial charge in [-0.15, -0.1) is 0 Å². The number of aliphatic hydroxyl groups is 1. The van der Waals surface area contributed by atoms with Crippen LogP contribution in [0.5, 0.6) is 0 Å². The van der Waals surface area contributed by atoms with Gasteiger partial charge in [-0.2, -0.15) is 0 Å². The van der Waals surface area contributed by atoms with Gasteiger partial charge in [-0.3, -0.25) is 4.79 Å². The van der Waals surface area contributed by atoms with Crippen LogP contribution in [0, 0.1) is 18.6 Å². The zero-order chi connectivity index (χ0) is 20.5. The van der Waals surface area contributed by atoms with Crippen molar-refractivity contribution in [2.75, 3.05) is 6.61 Å². The highest BCUT2D eigenvalue weighted by molar-refractivity contribution is 5.55. The van der Waals surface area contributed by atoms with Crippen molar-refractivity contribution < 1.29 is 13.9 Å². The monoisotopic (exact) mass is 397 g/mol. The molecule has 1 aromatic carbocycles. The molecule has 0 aliphatic heterocycles. The molecule has 4 rings (SSSR count). The summed E-state index contributed by atoms with van der Waals surface area (Å²) in [6.45, 7) is 1.35. The Labute approximate surface area is 163 Å². The summed E-state index contributed by atoms with van der Waals surface area (Å²) >= 11 is 0. The number of benzene rings is 1. The third-order valence-electron chi connectivity index (χ3n) is 4.53. The van der Waals surface area contributed by atoms with Gasteiger partial charge in [0.25, 0.3) is 5.56 Å². The molecule has 3 aromatic heterocycles. The van der Waals surface area contributed by atoms with Crippen molar-refractivity contribution in [1.82, 2.24) is 24.3 Å². The Morgan fingerprint density at radius 3 is 2.79 bits per heavy atom. The van der Waals surface area contributed by atoms with E-state index in [0.29, 0.717) is 22.7 Å². The number of rotatable bonds is 5. The molecule has 0 radical (unpaired) electrons. The van der Waals surface area contributed by atoms with Gasteiger partial charge in [0.2, 0.25) is 0 Å². The fourth-order valence-corrected chi connectivity index (χ4v) is 3.10. The van der Waals surface area contributed by atoms with Crippen molar-refractivity contribution in [3.63, 3.8) is 0 Å². The summed E-state index contributed by atoms with van der Waals surface area (Å²) in [5.41, 5.74) is 1.66. The summed E-state index contributed by atoms with van der Waals surface area (Å²) in [7, 11) is 0. The van der Waals surface area contributed by atoms with Gasteiger partial charge in [0.1, 0.15) is 17.3 Å². The lowest BCUT2D eigenvalue weighted by Gasteiger charge is -2.10. The maximum Gasteiger partial charge on any atom is 0.251 e. The molecule has 0 aliphatic rings. The van der Waals surface area contributed by atoms with E-state index in [1.54, 1.807) is 23.0 Å². The minimum atomic E-state index is -0.530. The number of nitrogens with one attached hydrogen (secondary N) is 1. The van der Waals surface area contributed by atoms with Crippen LogP contribution in [0.4, 0.5) is 8.78 Å². The molecule has 3 heterocycles. The third-order valence-corrected chi connectivity index (χ3v) is 4.53. The van der Waals surface area contributed by atoms with E-state index < -0.39 is 11.6 Å². The summed E-state index contributed by atoms with van der Waals surface area (Å²) in [5.74, 6) is -0.815. The largest absolute Gasteiger partial charge is 0.396 e. The van der Waals surface area contributed by atoms with Crippen LogP contribution >= 0.6 is 0 Å². The van der Waals surface area contributed by atoms with Crippen LogP contribution < -0.4 is 5.56 Å². The molecule has 0 fully saturated rings. The Kier molecular flexibility index (Phi) is 4.89. The van der Waals surface area contributed by atoms with E-state index in [-0.39, 0.29) is 42.0 Å². The Morgan fingerprint density at radius 2 is 2.00 bits per heavy atom. The number of aromatic amines is 1. The molecule has 0 spiro atoms. The summed E-state index contributed by atoms with van der Waals surface area (Å²) in [5, 5.41) is 9.12. The molecule has 2 N–H and O–H groups in total. The first kappa shape index (κ1) is 18.9. The first-order chi connectivity index (χ1) is 13.9. The van der Waals surface area contributed by atoms with E-state index in [9.17, 15) is 13.6 Å². The van der Waals surface area contributed by atoms with Gasteiger partial charge in [-0.25, -0.2) is 23.7 Å². The average Bonchev–Trinajstić information content (AvgIpc) is 3.15. The summed E-state index contributed by atoms with van der Waals surface area (Å²) < 4.78 is 30.0. The van der Waals surface area contributed by atoms with Crippen LogP contribution in [0.2, 0.25) is 0 Å². The maximum atomic E-state index is 14.4. The number of hydrogen-bond donors (Lipinski definition) is 2. The summed E-state index contributed by atoms with van der Waals surface area (Å²) in [6.07, 6.45) is 5.13. The van der Waals surface area contributed by atoms with Gasteiger partial charge in [-0.05, 0) is 30.2 Å². The van der Waals surface area contributed by atoms with E-state index in [0.717, 1.165) is 12.1 Å². The molecule has 0 amide bonds. The number of imidazole rings is 1. The lowest BCUT2D eigenvalue weighted by Crippen LogP contribution is -2.13. The van der Waals surface area contributed by atoms with Gasteiger partial charge >= 0.3 is 0 Å². The topological polar surface area (TPSA) is 96.2 Å². The van der Waals surface area contributed by atoms with E-state index in [4.69, 9.17) is 5.11 Å². The predicted molar refractivity (Wildman–Crippen MR) is 102 cm³/mol. The van der Waals surface area contributed by atoms with Gasteiger partial charge < -0.3 is 14.5 Å². The highest BCUT2D eigenvalue weighted by Crippen LogP contribution is 2.21. The number of hydrogen-bond acceptors (Lipinski definition) is 5. The SMILES string of the molecule is Cc1cc(F)c(Cc2nc(-c3nc(CCO)cc(=O)[nH]3)cn3ccnc23)cc1F. The lowest BCUT2D eigenvalue weighted by atomic mass is 10.1. The Balaban J connectivity index is 1.83. The predicted octanol–water partition coefficient (Wildman–Crippen LogP) is 2.19. The number of halogens is 2. The lowest BCUT2D eigenvalue weighted by molar-refractivity contribution is 0.298. The molecule has 0 bridgehead atoms. The first-order valence-electron chi connectivity index (χ1n) is 8.93. The van der Waals surface area contributed by atoms with Crippen LogP contribution in [0.3, 0.4) is 0 Å². The second-order valence-corrected chi connectivity index (χ2v) is 6.66. The van der Waals surface area contributed by atoms with E-state index in [2.05, 4.69) is 19.9 Å². The minimum absolute atomic E-state index is 0.0119. The quantitative estimate of drug-likeness (QED) is 0.538.